The largest absolute Gasteiger partial charge is 0.381 e. The van der Waals surface area contributed by atoms with Gasteiger partial charge in [0.05, 0.1) is 18.8 Å². The first-order valence-corrected chi connectivity index (χ1v) is 8.10. The van der Waals surface area contributed by atoms with Crippen molar-refractivity contribution < 1.29 is 9.47 Å². The van der Waals surface area contributed by atoms with Crippen LogP contribution in [0, 0.1) is 5.41 Å². The van der Waals surface area contributed by atoms with Gasteiger partial charge in [-0.1, -0.05) is 28.8 Å². The van der Waals surface area contributed by atoms with Crippen molar-refractivity contribution in [1.82, 2.24) is 0 Å². The lowest BCUT2D eigenvalue weighted by Crippen LogP contribution is -2.33. The van der Waals surface area contributed by atoms with E-state index in [1.54, 1.807) is 0 Å². The van der Waals surface area contributed by atoms with E-state index in [1.807, 2.05) is 7.11 Å². The highest BCUT2D eigenvalue weighted by atomic mass is 79.9. The van der Waals surface area contributed by atoms with Crippen molar-refractivity contribution in [3.8, 4) is 0 Å². The Hall–Kier alpha value is 0.400. The molecule has 100 valence electrons. The monoisotopic (exact) mass is 304 g/mol. The van der Waals surface area contributed by atoms with Gasteiger partial charge in [-0.15, -0.1) is 0 Å². The number of ether oxygens (including phenoxy) is 2. The molecular formula is C14H25BrO2. The van der Waals surface area contributed by atoms with Crippen LogP contribution in [0.15, 0.2) is 0 Å². The van der Waals surface area contributed by atoms with Gasteiger partial charge in [-0.2, -0.15) is 0 Å². The molecule has 0 saturated heterocycles. The van der Waals surface area contributed by atoms with Crippen LogP contribution in [0.3, 0.4) is 0 Å². The molecule has 2 aliphatic rings. The number of rotatable bonds is 5. The zero-order valence-corrected chi connectivity index (χ0v) is 12.5. The summed E-state index contributed by atoms with van der Waals surface area (Å²) in [5, 5.41) is 1.10. The molecule has 2 nitrogen and oxygen atoms in total. The third-order valence-corrected chi connectivity index (χ3v) is 5.67. The van der Waals surface area contributed by atoms with Crippen LogP contribution in [0.1, 0.15) is 51.4 Å². The highest BCUT2D eigenvalue weighted by Gasteiger charge is 2.34. The van der Waals surface area contributed by atoms with Crippen LogP contribution < -0.4 is 0 Å². The molecular weight excluding hydrogens is 280 g/mol. The molecule has 2 aliphatic carbocycles. The second kappa shape index (κ2) is 6.53. The number of hydrogen-bond donors (Lipinski definition) is 0. The maximum atomic E-state index is 6.18. The van der Waals surface area contributed by atoms with Gasteiger partial charge in [0.15, 0.2) is 0 Å². The Kier molecular flexibility index (Phi) is 5.31. The molecule has 0 bridgehead atoms. The predicted octanol–water partition coefficient (Wildman–Crippen LogP) is 3.92. The molecule has 0 aromatic carbocycles. The first-order chi connectivity index (χ1) is 8.28. The normalized spacial score (nSPS) is 32.8. The van der Waals surface area contributed by atoms with Gasteiger partial charge in [-0.05, 0) is 38.5 Å². The number of hydrogen-bond acceptors (Lipinski definition) is 2. The molecule has 2 unspecified atom stereocenters. The van der Waals surface area contributed by atoms with Crippen molar-refractivity contribution in [3.05, 3.63) is 0 Å². The van der Waals surface area contributed by atoms with Gasteiger partial charge in [0.25, 0.3) is 0 Å². The Balaban J connectivity index is 1.76. The summed E-state index contributed by atoms with van der Waals surface area (Å²) in [7, 11) is 1.82. The Morgan fingerprint density at radius 3 is 2.47 bits per heavy atom. The van der Waals surface area contributed by atoms with Crippen LogP contribution in [0.4, 0.5) is 0 Å². The third kappa shape index (κ3) is 3.68. The van der Waals surface area contributed by atoms with Crippen LogP contribution in [-0.4, -0.2) is 31.3 Å². The summed E-state index contributed by atoms with van der Waals surface area (Å²) in [6.45, 7) is 0.944. The van der Waals surface area contributed by atoms with E-state index in [9.17, 15) is 0 Å². The summed E-state index contributed by atoms with van der Waals surface area (Å²) in [5.74, 6) is 0. The molecule has 2 rings (SSSR count). The second-order valence-corrected chi connectivity index (χ2v) is 6.36. The maximum absolute atomic E-state index is 6.18. The third-order valence-electron chi connectivity index (χ3n) is 4.48. The molecule has 0 aliphatic heterocycles. The lowest BCUT2D eigenvalue weighted by atomic mass is 9.89. The zero-order chi connectivity index (χ0) is 12.1. The van der Waals surface area contributed by atoms with Gasteiger partial charge in [0.2, 0.25) is 0 Å². The number of halogens is 1. The summed E-state index contributed by atoms with van der Waals surface area (Å²) in [6.07, 6.45) is 11.1. The molecule has 0 aromatic rings. The highest BCUT2D eigenvalue weighted by molar-refractivity contribution is 9.09. The fourth-order valence-corrected chi connectivity index (χ4v) is 3.93. The van der Waals surface area contributed by atoms with Gasteiger partial charge in [0.1, 0.15) is 0 Å². The topological polar surface area (TPSA) is 18.5 Å². The van der Waals surface area contributed by atoms with Crippen molar-refractivity contribution in [2.24, 2.45) is 5.41 Å². The Morgan fingerprint density at radius 1 is 1.12 bits per heavy atom. The molecule has 17 heavy (non-hydrogen) atoms. The van der Waals surface area contributed by atoms with E-state index < -0.39 is 0 Å². The summed E-state index contributed by atoms with van der Waals surface area (Å²) in [4.78, 5) is 0. The first kappa shape index (κ1) is 13.8. The fraction of sp³-hybridized carbons (Fsp3) is 1.00. The average molecular weight is 305 g/mol. The first-order valence-electron chi connectivity index (χ1n) is 6.98. The minimum absolute atomic E-state index is 0.428. The SMILES string of the molecule is COC1CCCC(OCC2(CBr)CCCC2)C1. The van der Waals surface area contributed by atoms with Gasteiger partial charge in [-0.3, -0.25) is 0 Å². The van der Waals surface area contributed by atoms with Crippen molar-refractivity contribution >= 4 is 15.9 Å². The second-order valence-electron chi connectivity index (χ2n) is 5.80. The van der Waals surface area contributed by atoms with Gasteiger partial charge < -0.3 is 9.47 Å². The molecule has 0 N–H and O–H groups in total. The van der Waals surface area contributed by atoms with E-state index in [0.29, 0.717) is 17.6 Å². The molecule has 0 spiro atoms. The average Bonchev–Trinajstić information content (AvgIpc) is 2.86. The van der Waals surface area contributed by atoms with Crippen LogP contribution in [0.5, 0.6) is 0 Å². The van der Waals surface area contributed by atoms with E-state index in [0.717, 1.165) is 18.4 Å². The smallest absolute Gasteiger partial charge is 0.0600 e. The number of alkyl halides is 1. The minimum atomic E-state index is 0.428. The molecule has 2 atom stereocenters. The molecule has 0 aromatic heterocycles. The van der Waals surface area contributed by atoms with E-state index >= 15 is 0 Å². The lowest BCUT2D eigenvalue weighted by Gasteiger charge is -2.33. The molecule has 2 saturated carbocycles. The predicted molar refractivity (Wildman–Crippen MR) is 73.7 cm³/mol. The van der Waals surface area contributed by atoms with E-state index in [2.05, 4.69) is 15.9 Å². The van der Waals surface area contributed by atoms with Crippen LogP contribution in [-0.2, 0) is 9.47 Å². The highest BCUT2D eigenvalue weighted by Crippen LogP contribution is 2.40. The van der Waals surface area contributed by atoms with Crippen LogP contribution in [0.25, 0.3) is 0 Å². The Morgan fingerprint density at radius 2 is 1.82 bits per heavy atom. The minimum Gasteiger partial charge on any atom is -0.381 e. The van der Waals surface area contributed by atoms with Gasteiger partial charge >= 0.3 is 0 Å². The standard InChI is InChI=1S/C14H25BrO2/c1-16-12-5-4-6-13(9-12)17-11-14(10-15)7-2-3-8-14/h12-13H,2-11H2,1H3. The van der Waals surface area contributed by atoms with Crippen LogP contribution >= 0.6 is 15.9 Å². The van der Waals surface area contributed by atoms with E-state index in [1.165, 1.54) is 44.9 Å². The summed E-state index contributed by atoms with van der Waals surface area (Å²) in [6, 6.07) is 0. The quantitative estimate of drug-likeness (QED) is 0.717. The van der Waals surface area contributed by atoms with Crippen LogP contribution in [0.2, 0.25) is 0 Å². The van der Waals surface area contributed by atoms with Crippen molar-refractivity contribution in [2.45, 2.75) is 63.6 Å². The van der Waals surface area contributed by atoms with Gasteiger partial charge in [-0.25, -0.2) is 0 Å². The lowest BCUT2D eigenvalue weighted by molar-refractivity contribution is -0.0536. The Bertz CT molecular complexity index is 226. The van der Waals surface area contributed by atoms with Crippen molar-refractivity contribution in [2.75, 3.05) is 19.0 Å². The number of methoxy groups -OCH3 is 1. The molecule has 2 fully saturated rings. The van der Waals surface area contributed by atoms with Crippen molar-refractivity contribution in [3.63, 3.8) is 0 Å². The Labute approximate surface area is 114 Å². The van der Waals surface area contributed by atoms with E-state index in [-0.39, 0.29) is 0 Å². The van der Waals surface area contributed by atoms with Gasteiger partial charge in [0, 0.05) is 17.9 Å². The summed E-state index contributed by atoms with van der Waals surface area (Å²) < 4.78 is 11.6. The van der Waals surface area contributed by atoms with E-state index in [4.69, 9.17) is 9.47 Å². The van der Waals surface area contributed by atoms with Crippen molar-refractivity contribution in [1.29, 1.82) is 0 Å². The fourth-order valence-electron chi connectivity index (χ4n) is 3.20. The maximum Gasteiger partial charge on any atom is 0.0600 e. The zero-order valence-electron chi connectivity index (χ0n) is 10.9. The molecule has 0 amide bonds. The molecule has 0 radical (unpaired) electrons. The molecule has 0 heterocycles. The summed E-state index contributed by atoms with van der Waals surface area (Å²) >= 11 is 3.68. The summed E-state index contributed by atoms with van der Waals surface area (Å²) in [5.41, 5.74) is 0.431. The molecule has 3 heteroatoms.